The quantitative estimate of drug-likeness (QED) is 0.549. The van der Waals surface area contributed by atoms with Crippen molar-refractivity contribution < 1.29 is 4.79 Å². The zero-order valence-corrected chi connectivity index (χ0v) is 16.8. The molecule has 7 nitrogen and oxygen atoms in total. The molecule has 0 aliphatic heterocycles. The number of nitrogens with one attached hydrogen (secondary N) is 1. The molecule has 0 unspecified atom stereocenters. The molecule has 5 rings (SSSR count). The highest BCUT2D eigenvalue weighted by Gasteiger charge is 2.28. The molecule has 1 aromatic carbocycles. The van der Waals surface area contributed by atoms with E-state index in [1.54, 1.807) is 21.8 Å². The van der Waals surface area contributed by atoms with E-state index in [9.17, 15) is 4.79 Å². The van der Waals surface area contributed by atoms with Gasteiger partial charge in [0.1, 0.15) is 0 Å². The Morgan fingerprint density at radius 2 is 2.00 bits per heavy atom. The second-order valence-corrected chi connectivity index (χ2v) is 7.82. The van der Waals surface area contributed by atoms with Crippen LogP contribution < -0.4 is 5.32 Å². The monoisotopic (exact) mass is 406 g/mol. The summed E-state index contributed by atoms with van der Waals surface area (Å²) in [6, 6.07) is 9.38. The van der Waals surface area contributed by atoms with Crippen LogP contribution in [0, 0.1) is 6.92 Å². The molecule has 0 saturated heterocycles. The molecule has 1 amide bonds. The summed E-state index contributed by atoms with van der Waals surface area (Å²) in [5.74, 6) is 0.284. The number of nitrogens with zero attached hydrogens (tertiary/aromatic N) is 5. The van der Waals surface area contributed by atoms with E-state index >= 15 is 0 Å². The summed E-state index contributed by atoms with van der Waals surface area (Å²) in [6.45, 7) is 1.90. The molecule has 3 aromatic heterocycles. The van der Waals surface area contributed by atoms with Gasteiger partial charge in [-0.05, 0) is 50.1 Å². The molecule has 0 bridgehead atoms. The highest BCUT2D eigenvalue weighted by Crippen LogP contribution is 2.40. The molecule has 29 heavy (non-hydrogen) atoms. The van der Waals surface area contributed by atoms with Gasteiger partial charge in [-0.25, -0.2) is 9.67 Å². The highest BCUT2D eigenvalue weighted by molar-refractivity contribution is 6.30. The number of carbonyl (C=O) groups is 1. The average molecular weight is 407 g/mol. The Labute approximate surface area is 172 Å². The summed E-state index contributed by atoms with van der Waals surface area (Å²) >= 11 is 5.93. The number of benzene rings is 1. The second kappa shape index (κ2) is 6.70. The first-order valence-corrected chi connectivity index (χ1v) is 9.83. The van der Waals surface area contributed by atoms with Crippen molar-refractivity contribution >= 4 is 34.2 Å². The minimum Gasteiger partial charge on any atom is -0.322 e. The minimum absolute atomic E-state index is 0.162. The largest absolute Gasteiger partial charge is 0.322 e. The van der Waals surface area contributed by atoms with Gasteiger partial charge in [0.15, 0.2) is 5.65 Å². The van der Waals surface area contributed by atoms with Crippen molar-refractivity contribution in [1.82, 2.24) is 24.5 Å². The van der Waals surface area contributed by atoms with E-state index in [4.69, 9.17) is 16.6 Å². The summed E-state index contributed by atoms with van der Waals surface area (Å²) in [4.78, 5) is 17.9. The van der Waals surface area contributed by atoms with Crippen LogP contribution in [0.4, 0.5) is 5.69 Å². The van der Waals surface area contributed by atoms with E-state index in [0.717, 1.165) is 41.0 Å². The second-order valence-electron chi connectivity index (χ2n) is 7.38. The van der Waals surface area contributed by atoms with Crippen molar-refractivity contribution in [1.29, 1.82) is 0 Å². The van der Waals surface area contributed by atoms with Gasteiger partial charge in [-0.15, -0.1) is 0 Å². The summed E-state index contributed by atoms with van der Waals surface area (Å²) in [5.41, 5.74) is 4.70. The van der Waals surface area contributed by atoms with Crippen LogP contribution in [0.15, 0.2) is 42.7 Å². The number of hydrogen-bond acceptors (Lipinski definition) is 4. The highest BCUT2D eigenvalue weighted by atomic mass is 35.5. The van der Waals surface area contributed by atoms with Gasteiger partial charge < -0.3 is 5.32 Å². The number of anilines is 1. The molecule has 1 saturated carbocycles. The first kappa shape index (κ1) is 17.9. The maximum atomic E-state index is 13.1. The van der Waals surface area contributed by atoms with E-state index in [2.05, 4.69) is 15.5 Å². The minimum atomic E-state index is -0.162. The molecule has 1 aliphatic carbocycles. The van der Waals surface area contributed by atoms with Crippen molar-refractivity contribution in [3.63, 3.8) is 0 Å². The average Bonchev–Trinajstić information content (AvgIpc) is 3.41. The summed E-state index contributed by atoms with van der Waals surface area (Å²) in [7, 11) is 1.86. The number of amides is 1. The molecule has 4 aromatic rings. The molecule has 3 heterocycles. The van der Waals surface area contributed by atoms with Crippen molar-refractivity contribution in [3.05, 3.63) is 64.7 Å². The lowest BCUT2D eigenvalue weighted by atomic mass is 10.1. The predicted molar refractivity (Wildman–Crippen MR) is 112 cm³/mol. The van der Waals surface area contributed by atoms with Crippen molar-refractivity contribution in [2.75, 3.05) is 5.32 Å². The van der Waals surface area contributed by atoms with Crippen LogP contribution in [0.3, 0.4) is 0 Å². The Hall–Kier alpha value is -3.19. The normalized spacial score (nSPS) is 13.8. The summed E-state index contributed by atoms with van der Waals surface area (Å²) < 4.78 is 3.43. The Kier molecular flexibility index (Phi) is 4.13. The Balaban J connectivity index is 1.47. The van der Waals surface area contributed by atoms with Gasteiger partial charge in [0.05, 0.1) is 33.6 Å². The maximum absolute atomic E-state index is 13.1. The number of fused-ring (bicyclic) bond motifs is 1. The van der Waals surface area contributed by atoms with Gasteiger partial charge in [-0.2, -0.15) is 10.2 Å². The third-order valence-electron chi connectivity index (χ3n) is 5.17. The zero-order valence-electron chi connectivity index (χ0n) is 16.1. The fourth-order valence-electron chi connectivity index (χ4n) is 3.57. The molecule has 0 atom stereocenters. The van der Waals surface area contributed by atoms with Crippen LogP contribution in [0.5, 0.6) is 0 Å². The summed E-state index contributed by atoms with van der Waals surface area (Å²) in [5, 5.41) is 13.0. The number of hydrogen-bond donors (Lipinski definition) is 1. The molecule has 146 valence electrons. The number of halogens is 1. The smallest absolute Gasteiger partial charge is 0.256 e. The van der Waals surface area contributed by atoms with Crippen LogP contribution in [-0.2, 0) is 7.05 Å². The van der Waals surface area contributed by atoms with Gasteiger partial charge in [0.2, 0.25) is 0 Å². The summed E-state index contributed by atoms with van der Waals surface area (Å²) in [6.07, 6.45) is 5.55. The number of rotatable bonds is 4. The standard InChI is InChI=1S/C21H19ClN6O/c1-12-19-17(9-18(13-3-4-13)25-20(19)27(2)26-12)21(29)24-15-5-7-16(8-6-15)28-11-14(22)10-23-28/h5-11,13H,3-4H2,1-2H3,(H,24,29). The van der Waals surface area contributed by atoms with Crippen LogP contribution in [0.1, 0.15) is 40.5 Å². The molecular weight excluding hydrogens is 388 g/mol. The number of pyridine rings is 1. The SMILES string of the molecule is Cc1nn(C)c2nc(C3CC3)cc(C(=O)Nc3ccc(-n4cc(Cl)cn4)cc3)c12. The molecule has 1 N–H and O–H groups in total. The molecule has 1 aliphatic rings. The predicted octanol–water partition coefficient (Wildman–Crippen LogP) is 4.25. The first-order valence-electron chi connectivity index (χ1n) is 9.46. The zero-order chi connectivity index (χ0) is 20.1. The Morgan fingerprint density at radius 1 is 1.24 bits per heavy atom. The van der Waals surface area contributed by atoms with Gasteiger partial charge >= 0.3 is 0 Å². The van der Waals surface area contributed by atoms with Crippen molar-refractivity contribution in [2.45, 2.75) is 25.7 Å². The van der Waals surface area contributed by atoms with E-state index in [1.807, 2.05) is 44.3 Å². The Bertz CT molecular complexity index is 1240. The van der Waals surface area contributed by atoms with Gasteiger partial charge in [0.25, 0.3) is 5.91 Å². The van der Waals surface area contributed by atoms with Gasteiger partial charge in [0, 0.05) is 30.5 Å². The lowest BCUT2D eigenvalue weighted by Gasteiger charge is -2.10. The number of aryl methyl sites for hydroxylation is 2. The number of aromatic nitrogens is 5. The Morgan fingerprint density at radius 3 is 2.66 bits per heavy atom. The topological polar surface area (TPSA) is 77.6 Å². The van der Waals surface area contributed by atoms with E-state index < -0.39 is 0 Å². The van der Waals surface area contributed by atoms with E-state index in [-0.39, 0.29) is 5.91 Å². The first-order chi connectivity index (χ1) is 14.0. The molecule has 0 radical (unpaired) electrons. The van der Waals surface area contributed by atoms with Crippen LogP contribution in [0.25, 0.3) is 16.7 Å². The third kappa shape index (κ3) is 3.27. The van der Waals surface area contributed by atoms with Crippen LogP contribution in [0.2, 0.25) is 5.02 Å². The fourth-order valence-corrected chi connectivity index (χ4v) is 3.71. The molecule has 0 spiro atoms. The van der Waals surface area contributed by atoms with Crippen molar-refractivity contribution in [2.24, 2.45) is 7.05 Å². The lowest BCUT2D eigenvalue weighted by molar-refractivity contribution is 0.102. The van der Waals surface area contributed by atoms with E-state index in [0.29, 0.717) is 22.2 Å². The van der Waals surface area contributed by atoms with Crippen LogP contribution in [-0.4, -0.2) is 30.5 Å². The molecular formula is C21H19ClN6O. The van der Waals surface area contributed by atoms with Crippen LogP contribution >= 0.6 is 11.6 Å². The van der Waals surface area contributed by atoms with E-state index in [1.165, 1.54) is 0 Å². The fraction of sp³-hybridized carbons (Fsp3) is 0.238. The van der Waals surface area contributed by atoms with Crippen molar-refractivity contribution in [3.8, 4) is 5.69 Å². The molecule has 8 heteroatoms. The number of carbonyl (C=O) groups excluding carboxylic acids is 1. The maximum Gasteiger partial charge on any atom is 0.256 e. The third-order valence-corrected chi connectivity index (χ3v) is 5.36. The van der Waals surface area contributed by atoms with Gasteiger partial charge in [-0.3, -0.25) is 9.48 Å². The van der Waals surface area contributed by atoms with Gasteiger partial charge in [-0.1, -0.05) is 11.6 Å². The lowest BCUT2D eigenvalue weighted by Crippen LogP contribution is -2.14. The molecule has 1 fully saturated rings.